The van der Waals surface area contributed by atoms with Crippen molar-refractivity contribution >= 4 is 43.4 Å². The Hall–Kier alpha value is -5.99. The first-order valence-electron chi connectivity index (χ1n) is 16.4. The minimum Gasteiger partial charge on any atom is -0.296 e. The fraction of sp³-hybridized carbons (Fsp3) is 0.0444. The van der Waals surface area contributed by atoms with Gasteiger partial charge < -0.3 is 0 Å². The molecule has 0 aliphatic heterocycles. The summed E-state index contributed by atoms with van der Waals surface area (Å²) in [5, 5.41) is 7.54. The number of hydrogen-bond acceptors (Lipinski definition) is 1. The van der Waals surface area contributed by atoms with Crippen LogP contribution in [0.15, 0.2) is 164 Å². The first kappa shape index (κ1) is 27.3. The predicted octanol–water partition coefficient (Wildman–Crippen LogP) is 12.0. The second-order valence-corrected chi connectivity index (χ2v) is 12.2. The molecule has 222 valence electrons. The molecular weight excluding hydrogens is 569 g/mol. The Morgan fingerprint density at radius 1 is 0.468 bits per heavy atom. The van der Waals surface area contributed by atoms with Crippen molar-refractivity contribution in [3.05, 3.63) is 170 Å². The molecule has 0 fully saturated rings. The molecule has 1 aromatic heterocycles. The Morgan fingerprint density at radius 3 is 1.91 bits per heavy atom. The van der Waals surface area contributed by atoms with Gasteiger partial charge in [-0.2, -0.15) is 0 Å². The second kappa shape index (κ2) is 11.1. The average Bonchev–Trinajstić information content (AvgIpc) is 3.53. The lowest BCUT2D eigenvalue weighted by Crippen LogP contribution is -2.00. The molecule has 0 atom stereocenters. The summed E-state index contributed by atoms with van der Waals surface area (Å²) in [6.07, 6.45) is 0.866. The van der Waals surface area contributed by atoms with Gasteiger partial charge in [0.25, 0.3) is 0 Å². The topological polar surface area (TPSA) is 17.8 Å². The van der Waals surface area contributed by atoms with E-state index in [1.54, 1.807) is 0 Å². The van der Waals surface area contributed by atoms with Crippen molar-refractivity contribution in [2.45, 2.75) is 13.3 Å². The molecule has 9 rings (SSSR count). The van der Waals surface area contributed by atoms with E-state index in [1.807, 2.05) is 0 Å². The fourth-order valence-electron chi connectivity index (χ4n) is 7.41. The van der Waals surface area contributed by atoms with Gasteiger partial charge >= 0.3 is 0 Å². The Morgan fingerprint density at radius 2 is 1.11 bits per heavy atom. The quantitative estimate of drug-likeness (QED) is 0.180. The van der Waals surface area contributed by atoms with Crippen LogP contribution in [0.25, 0.3) is 82.4 Å². The van der Waals surface area contributed by atoms with Gasteiger partial charge in [0.05, 0.1) is 11.0 Å². The maximum Gasteiger partial charge on any atom is 0.114 e. The molecule has 0 radical (unpaired) electrons. The van der Waals surface area contributed by atoms with Crippen molar-refractivity contribution in [3.63, 3.8) is 0 Å². The van der Waals surface area contributed by atoms with Gasteiger partial charge in [0.1, 0.15) is 5.82 Å². The summed E-state index contributed by atoms with van der Waals surface area (Å²) in [5.41, 5.74) is 10.7. The molecule has 0 unspecified atom stereocenters. The van der Waals surface area contributed by atoms with E-state index in [0.29, 0.717) is 0 Å². The Labute approximate surface area is 274 Å². The van der Waals surface area contributed by atoms with E-state index in [-0.39, 0.29) is 0 Å². The minimum atomic E-state index is 0.866. The van der Waals surface area contributed by atoms with Gasteiger partial charge in [0.15, 0.2) is 0 Å². The van der Waals surface area contributed by atoms with E-state index in [0.717, 1.165) is 29.0 Å². The van der Waals surface area contributed by atoms with Crippen LogP contribution >= 0.6 is 0 Å². The number of rotatable bonds is 5. The summed E-state index contributed by atoms with van der Waals surface area (Å²) in [6.45, 7) is 2.17. The molecule has 0 spiro atoms. The zero-order chi connectivity index (χ0) is 31.3. The summed E-state index contributed by atoms with van der Waals surface area (Å²) in [7, 11) is 0. The van der Waals surface area contributed by atoms with Crippen molar-refractivity contribution in [2.24, 2.45) is 0 Å². The third-order valence-corrected chi connectivity index (χ3v) is 9.55. The van der Waals surface area contributed by atoms with Crippen molar-refractivity contribution < 1.29 is 0 Å². The monoisotopic (exact) mass is 600 g/mol. The van der Waals surface area contributed by atoms with E-state index in [1.165, 1.54) is 65.7 Å². The standard InChI is InChI=1S/C45H32N2/c1-2-43-46-41-21-10-11-22-42(41)47(43)34-26-23-32(24-27-34)44-37-18-8-9-19-38(37)45(36-20-12-16-31-15-6-7-17-35(31)36)40-29-33(25-28-39(40)44)30-13-4-3-5-14-30/h3-29H,2H2,1H3. The van der Waals surface area contributed by atoms with E-state index in [9.17, 15) is 0 Å². The number of hydrogen-bond donors (Lipinski definition) is 0. The van der Waals surface area contributed by atoms with Crippen molar-refractivity contribution in [1.29, 1.82) is 0 Å². The lowest BCUT2D eigenvalue weighted by molar-refractivity contribution is 0.908. The Kier molecular flexibility index (Phi) is 6.46. The molecule has 9 aromatic rings. The maximum absolute atomic E-state index is 4.93. The van der Waals surface area contributed by atoms with Gasteiger partial charge in [-0.1, -0.05) is 140 Å². The highest BCUT2D eigenvalue weighted by Gasteiger charge is 2.19. The number of fused-ring (bicyclic) bond motifs is 4. The normalized spacial score (nSPS) is 11.6. The smallest absolute Gasteiger partial charge is 0.114 e. The molecule has 0 amide bonds. The lowest BCUT2D eigenvalue weighted by Gasteiger charge is -2.20. The van der Waals surface area contributed by atoms with Crippen LogP contribution in [0.4, 0.5) is 0 Å². The van der Waals surface area contributed by atoms with Crippen molar-refractivity contribution in [3.8, 4) is 39.1 Å². The van der Waals surface area contributed by atoms with Crippen LogP contribution in [0.2, 0.25) is 0 Å². The molecule has 0 N–H and O–H groups in total. The third kappa shape index (κ3) is 4.45. The third-order valence-electron chi connectivity index (χ3n) is 9.55. The van der Waals surface area contributed by atoms with Gasteiger partial charge in [0.2, 0.25) is 0 Å². The highest BCUT2D eigenvalue weighted by atomic mass is 15.1. The van der Waals surface area contributed by atoms with Crippen LogP contribution in [0.3, 0.4) is 0 Å². The highest BCUT2D eigenvalue weighted by Crippen LogP contribution is 2.46. The van der Waals surface area contributed by atoms with E-state index in [4.69, 9.17) is 4.98 Å². The van der Waals surface area contributed by atoms with Gasteiger partial charge in [-0.3, -0.25) is 4.57 Å². The zero-order valence-corrected chi connectivity index (χ0v) is 26.2. The minimum absolute atomic E-state index is 0.866. The molecule has 1 heterocycles. The average molecular weight is 601 g/mol. The molecule has 0 aliphatic carbocycles. The zero-order valence-electron chi connectivity index (χ0n) is 26.2. The van der Waals surface area contributed by atoms with Crippen LogP contribution in [0, 0.1) is 0 Å². The number of benzene rings is 8. The molecule has 0 bridgehead atoms. The maximum atomic E-state index is 4.93. The molecule has 2 heteroatoms. The van der Waals surface area contributed by atoms with Crippen LogP contribution in [-0.2, 0) is 6.42 Å². The first-order valence-corrected chi connectivity index (χ1v) is 16.4. The van der Waals surface area contributed by atoms with Gasteiger partial charge in [-0.05, 0) is 96.0 Å². The largest absolute Gasteiger partial charge is 0.296 e. The van der Waals surface area contributed by atoms with Crippen LogP contribution in [0.5, 0.6) is 0 Å². The lowest BCUT2D eigenvalue weighted by atomic mass is 9.83. The van der Waals surface area contributed by atoms with Gasteiger partial charge in [-0.15, -0.1) is 0 Å². The van der Waals surface area contributed by atoms with Crippen LogP contribution in [-0.4, -0.2) is 9.55 Å². The molecule has 0 saturated heterocycles. The van der Waals surface area contributed by atoms with Gasteiger partial charge in [-0.25, -0.2) is 4.98 Å². The second-order valence-electron chi connectivity index (χ2n) is 12.2. The number of aryl methyl sites for hydroxylation is 1. The summed E-state index contributed by atoms with van der Waals surface area (Å²) < 4.78 is 2.30. The van der Waals surface area contributed by atoms with E-state index >= 15 is 0 Å². The number of imidazole rings is 1. The Bertz CT molecular complexity index is 2590. The molecule has 0 saturated carbocycles. The van der Waals surface area contributed by atoms with E-state index < -0.39 is 0 Å². The predicted molar refractivity (Wildman–Crippen MR) is 199 cm³/mol. The molecule has 8 aromatic carbocycles. The molecule has 47 heavy (non-hydrogen) atoms. The first-order chi connectivity index (χ1) is 23.3. The van der Waals surface area contributed by atoms with Crippen molar-refractivity contribution in [1.82, 2.24) is 9.55 Å². The fourth-order valence-corrected chi connectivity index (χ4v) is 7.41. The highest BCUT2D eigenvalue weighted by molar-refractivity contribution is 6.24. The molecule has 0 aliphatic rings. The van der Waals surface area contributed by atoms with Crippen LogP contribution in [0.1, 0.15) is 12.7 Å². The number of aromatic nitrogens is 2. The van der Waals surface area contributed by atoms with E-state index in [2.05, 4.69) is 175 Å². The van der Waals surface area contributed by atoms with Gasteiger partial charge in [0, 0.05) is 12.1 Å². The summed E-state index contributed by atoms with van der Waals surface area (Å²) >= 11 is 0. The number of nitrogens with zero attached hydrogens (tertiary/aromatic N) is 2. The molecular formula is C45H32N2. The SMILES string of the molecule is CCc1nc2ccccc2n1-c1ccc(-c2c3ccccc3c(-c3cccc4ccccc34)c3cc(-c4ccccc4)ccc23)cc1. The molecule has 2 nitrogen and oxygen atoms in total. The number of para-hydroxylation sites is 2. The van der Waals surface area contributed by atoms with Crippen molar-refractivity contribution in [2.75, 3.05) is 0 Å². The van der Waals surface area contributed by atoms with Crippen LogP contribution < -0.4 is 0 Å². The summed E-state index contributed by atoms with van der Waals surface area (Å²) in [5.74, 6) is 1.07. The summed E-state index contributed by atoms with van der Waals surface area (Å²) in [4.78, 5) is 4.93. The summed E-state index contributed by atoms with van der Waals surface area (Å²) in [6, 6.07) is 59.5. The Balaban J connectivity index is 1.33.